The summed E-state index contributed by atoms with van der Waals surface area (Å²) in [6.07, 6.45) is -3.75. The maximum absolute atomic E-state index is 12.3. The highest BCUT2D eigenvalue weighted by Gasteiger charge is 2.38. The minimum Gasteiger partial charge on any atom is -0.493 e. The number of halogens is 3. The van der Waals surface area contributed by atoms with Crippen LogP contribution in [0.25, 0.3) is 0 Å². The van der Waals surface area contributed by atoms with Gasteiger partial charge in [0, 0.05) is 6.42 Å². The second-order valence-corrected chi connectivity index (χ2v) is 3.48. The molecule has 0 saturated heterocycles. The van der Waals surface area contributed by atoms with Crippen LogP contribution in [-0.4, -0.2) is 12.8 Å². The SMILES string of the molecule is NC(c1ccc2c(c1)CCO2)C(F)(F)F. The van der Waals surface area contributed by atoms with E-state index < -0.39 is 12.2 Å². The molecule has 1 aromatic carbocycles. The van der Waals surface area contributed by atoms with E-state index in [2.05, 4.69) is 0 Å². The van der Waals surface area contributed by atoms with Crippen LogP contribution in [0.1, 0.15) is 17.2 Å². The highest BCUT2D eigenvalue weighted by Crippen LogP contribution is 2.34. The largest absolute Gasteiger partial charge is 0.493 e. The van der Waals surface area contributed by atoms with Gasteiger partial charge in [-0.3, -0.25) is 0 Å². The van der Waals surface area contributed by atoms with E-state index in [0.717, 1.165) is 5.56 Å². The van der Waals surface area contributed by atoms with Crippen LogP contribution in [0.5, 0.6) is 5.75 Å². The van der Waals surface area contributed by atoms with Gasteiger partial charge in [0.05, 0.1) is 6.61 Å². The lowest BCUT2D eigenvalue weighted by atomic mass is 10.0. The fraction of sp³-hybridized carbons (Fsp3) is 0.400. The van der Waals surface area contributed by atoms with Crippen molar-refractivity contribution in [1.82, 2.24) is 0 Å². The fourth-order valence-corrected chi connectivity index (χ4v) is 1.59. The van der Waals surface area contributed by atoms with Crippen LogP contribution in [0.2, 0.25) is 0 Å². The van der Waals surface area contributed by atoms with E-state index in [0.29, 0.717) is 18.8 Å². The van der Waals surface area contributed by atoms with Gasteiger partial charge < -0.3 is 10.5 Å². The third-order valence-corrected chi connectivity index (χ3v) is 2.43. The summed E-state index contributed by atoms with van der Waals surface area (Å²) in [6.45, 7) is 0.528. The first-order chi connectivity index (χ1) is 6.98. The number of ether oxygens (including phenoxy) is 1. The third-order valence-electron chi connectivity index (χ3n) is 2.43. The van der Waals surface area contributed by atoms with Crippen LogP contribution in [0.4, 0.5) is 13.2 Å². The summed E-state index contributed by atoms with van der Waals surface area (Å²) in [5.41, 5.74) is 5.99. The Balaban J connectivity index is 2.31. The molecule has 1 aliphatic rings. The number of fused-ring (bicyclic) bond motifs is 1. The highest BCUT2D eigenvalue weighted by atomic mass is 19.4. The van der Waals surface area contributed by atoms with Gasteiger partial charge in [-0.05, 0) is 17.2 Å². The molecule has 0 amide bonds. The van der Waals surface area contributed by atoms with Gasteiger partial charge in [-0.15, -0.1) is 0 Å². The van der Waals surface area contributed by atoms with Gasteiger partial charge in [0.25, 0.3) is 0 Å². The van der Waals surface area contributed by atoms with Crippen LogP contribution in [0.3, 0.4) is 0 Å². The Morgan fingerprint density at radius 3 is 2.73 bits per heavy atom. The number of rotatable bonds is 1. The zero-order valence-electron chi connectivity index (χ0n) is 7.84. The van der Waals surface area contributed by atoms with E-state index in [1.54, 1.807) is 6.07 Å². The Hall–Kier alpha value is -1.23. The summed E-state index contributed by atoms with van der Waals surface area (Å²) >= 11 is 0. The average Bonchev–Trinajstić information content (AvgIpc) is 2.61. The molecule has 82 valence electrons. The molecule has 5 heteroatoms. The second-order valence-electron chi connectivity index (χ2n) is 3.48. The van der Waals surface area contributed by atoms with Gasteiger partial charge in [0.15, 0.2) is 0 Å². The molecule has 2 N–H and O–H groups in total. The number of hydrogen-bond acceptors (Lipinski definition) is 2. The maximum atomic E-state index is 12.3. The second kappa shape index (κ2) is 3.41. The molecule has 0 aliphatic carbocycles. The molecule has 2 rings (SSSR count). The van der Waals surface area contributed by atoms with E-state index in [1.165, 1.54) is 12.1 Å². The monoisotopic (exact) mass is 217 g/mol. The molecule has 1 aromatic rings. The summed E-state index contributed by atoms with van der Waals surface area (Å²) in [7, 11) is 0. The van der Waals surface area contributed by atoms with Crippen molar-refractivity contribution in [2.45, 2.75) is 18.6 Å². The lowest BCUT2D eigenvalue weighted by Crippen LogP contribution is -2.28. The lowest BCUT2D eigenvalue weighted by molar-refractivity contribution is -0.149. The summed E-state index contributed by atoms with van der Waals surface area (Å²) in [6, 6.07) is 2.47. The fourth-order valence-electron chi connectivity index (χ4n) is 1.59. The highest BCUT2D eigenvalue weighted by molar-refractivity contribution is 5.41. The van der Waals surface area contributed by atoms with Gasteiger partial charge in [-0.25, -0.2) is 0 Å². The molecule has 1 heterocycles. The molecule has 1 unspecified atom stereocenters. The number of alkyl halides is 3. The van der Waals surface area contributed by atoms with Crippen molar-refractivity contribution < 1.29 is 17.9 Å². The minimum absolute atomic E-state index is 0.0896. The normalized spacial score (nSPS) is 17.1. The molecule has 0 spiro atoms. The molecular formula is C10H10F3NO. The maximum Gasteiger partial charge on any atom is 0.407 e. The van der Waals surface area contributed by atoms with Crippen LogP contribution in [0, 0.1) is 0 Å². The Kier molecular flexibility index (Phi) is 2.34. The average molecular weight is 217 g/mol. The molecule has 0 fully saturated rings. The van der Waals surface area contributed by atoms with Crippen molar-refractivity contribution in [3.63, 3.8) is 0 Å². The predicted molar refractivity (Wildman–Crippen MR) is 48.6 cm³/mol. The Morgan fingerprint density at radius 2 is 2.07 bits per heavy atom. The van der Waals surface area contributed by atoms with Crippen molar-refractivity contribution in [3.05, 3.63) is 29.3 Å². The molecule has 1 aliphatic heterocycles. The van der Waals surface area contributed by atoms with E-state index in [9.17, 15) is 13.2 Å². The molecule has 0 bridgehead atoms. The molecule has 0 radical (unpaired) electrons. The summed E-state index contributed by atoms with van der Waals surface area (Å²) in [5, 5.41) is 0. The van der Waals surface area contributed by atoms with Crippen molar-refractivity contribution in [2.75, 3.05) is 6.61 Å². The van der Waals surface area contributed by atoms with E-state index in [1.807, 2.05) is 0 Å². The number of benzene rings is 1. The summed E-state index contributed by atoms with van der Waals surface area (Å²) in [5.74, 6) is 0.660. The van der Waals surface area contributed by atoms with Crippen LogP contribution in [-0.2, 0) is 6.42 Å². The van der Waals surface area contributed by atoms with E-state index in [-0.39, 0.29) is 5.56 Å². The molecular weight excluding hydrogens is 207 g/mol. The van der Waals surface area contributed by atoms with Crippen molar-refractivity contribution in [1.29, 1.82) is 0 Å². The first-order valence-corrected chi connectivity index (χ1v) is 4.56. The zero-order valence-corrected chi connectivity index (χ0v) is 7.84. The number of nitrogens with two attached hydrogens (primary N) is 1. The minimum atomic E-state index is -4.40. The van der Waals surface area contributed by atoms with Crippen molar-refractivity contribution >= 4 is 0 Å². The van der Waals surface area contributed by atoms with Crippen LogP contribution in [0.15, 0.2) is 18.2 Å². The first kappa shape index (κ1) is 10.3. The Labute approximate surface area is 84.8 Å². The summed E-state index contributed by atoms with van der Waals surface area (Å²) < 4.78 is 42.2. The van der Waals surface area contributed by atoms with Gasteiger partial charge in [0.2, 0.25) is 0 Å². The van der Waals surface area contributed by atoms with Gasteiger partial charge in [0.1, 0.15) is 11.8 Å². The third kappa shape index (κ3) is 1.92. The lowest BCUT2D eigenvalue weighted by Gasteiger charge is -2.16. The van der Waals surface area contributed by atoms with E-state index >= 15 is 0 Å². The van der Waals surface area contributed by atoms with Gasteiger partial charge >= 0.3 is 6.18 Å². The van der Waals surface area contributed by atoms with Crippen LogP contribution < -0.4 is 10.5 Å². The van der Waals surface area contributed by atoms with Gasteiger partial charge in [-0.1, -0.05) is 12.1 Å². The summed E-state index contributed by atoms with van der Waals surface area (Å²) in [4.78, 5) is 0. The quantitative estimate of drug-likeness (QED) is 0.782. The zero-order chi connectivity index (χ0) is 11.1. The topological polar surface area (TPSA) is 35.2 Å². The smallest absolute Gasteiger partial charge is 0.407 e. The molecule has 2 nitrogen and oxygen atoms in total. The standard InChI is InChI=1S/C10H10F3NO/c11-10(12,13)9(14)7-1-2-8-6(5-7)3-4-15-8/h1-2,5,9H,3-4,14H2. The molecule has 0 aromatic heterocycles. The van der Waals surface area contributed by atoms with E-state index in [4.69, 9.17) is 10.5 Å². The van der Waals surface area contributed by atoms with Crippen LogP contribution >= 0.6 is 0 Å². The molecule has 15 heavy (non-hydrogen) atoms. The Bertz CT molecular complexity index is 375. The van der Waals surface area contributed by atoms with Crippen molar-refractivity contribution in [3.8, 4) is 5.75 Å². The molecule has 0 saturated carbocycles. The number of hydrogen-bond donors (Lipinski definition) is 1. The van der Waals surface area contributed by atoms with Crippen molar-refractivity contribution in [2.24, 2.45) is 5.73 Å². The predicted octanol–water partition coefficient (Wildman–Crippen LogP) is 2.18. The Morgan fingerprint density at radius 1 is 1.33 bits per heavy atom. The molecule has 1 atom stereocenters. The first-order valence-electron chi connectivity index (χ1n) is 4.56. The van der Waals surface area contributed by atoms with Gasteiger partial charge in [-0.2, -0.15) is 13.2 Å².